The second-order valence-electron chi connectivity index (χ2n) is 6.51. The molecule has 0 N–H and O–H groups in total. The van der Waals surface area contributed by atoms with Crippen molar-refractivity contribution >= 4 is 11.7 Å². The first-order chi connectivity index (χ1) is 13.2. The summed E-state index contributed by atoms with van der Waals surface area (Å²) < 4.78 is 54.8. The second kappa shape index (κ2) is 8.00. The number of alkyl halides is 3. The minimum absolute atomic E-state index is 0.0788. The van der Waals surface area contributed by atoms with E-state index in [1.807, 2.05) is 0 Å². The normalized spacial score (nSPS) is 17.3. The molecular weight excluding hydrogens is 378 g/mol. The lowest BCUT2D eigenvalue weighted by molar-refractivity contribution is -0.274. The molecule has 0 saturated carbocycles. The summed E-state index contributed by atoms with van der Waals surface area (Å²) in [4.78, 5) is 26.8. The average Bonchev–Trinajstić information content (AvgIpc) is 2.67. The maximum atomic E-state index is 13.0. The van der Waals surface area contributed by atoms with Crippen molar-refractivity contribution in [3.05, 3.63) is 65.5 Å². The van der Waals surface area contributed by atoms with Crippen molar-refractivity contribution < 1.29 is 31.9 Å². The number of hydrogen-bond acceptors (Lipinski definition) is 3. The SMILES string of the molecule is O=C(c1ccc(F)cc1)C1CCCN(C(=O)c2ccccc2OC(F)(F)F)C1. The number of carbonyl (C=O) groups excluding carboxylic acids is 2. The van der Waals surface area contributed by atoms with E-state index in [1.54, 1.807) is 0 Å². The van der Waals surface area contributed by atoms with E-state index < -0.39 is 29.8 Å². The summed E-state index contributed by atoms with van der Waals surface area (Å²) in [5.74, 6) is -2.39. The van der Waals surface area contributed by atoms with Gasteiger partial charge < -0.3 is 9.64 Å². The van der Waals surface area contributed by atoms with Crippen molar-refractivity contribution in [2.45, 2.75) is 19.2 Å². The van der Waals surface area contributed by atoms with Gasteiger partial charge in [0.05, 0.1) is 5.56 Å². The molecule has 0 bridgehead atoms. The van der Waals surface area contributed by atoms with Crippen LogP contribution in [0.4, 0.5) is 17.6 Å². The maximum Gasteiger partial charge on any atom is 0.573 e. The zero-order valence-corrected chi connectivity index (χ0v) is 14.7. The number of amides is 1. The Balaban J connectivity index is 1.76. The van der Waals surface area contributed by atoms with Crippen LogP contribution in [-0.2, 0) is 0 Å². The quantitative estimate of drug-likeness (QED) is 0.567. The molecule has 1 atom stereocenters. The van der Waals surface area contributed by atoms with Gasteiger partial charge in [-0.25, -0.2) is 4.39 Å². The van der Waals surface area contributed by atoms with Gasteiger partial charge in [-0.1, -0.05) is 12.1 Å². The lowest BCUT2D eigenvalue weighted by atomic mass is 9.89. The molecule has 4 nitrogen and oxygen atoms in total. The first kappa shape index (κ1) is 19.9. The molecule has 0 aromatic heterocycles. The van der Waals surface area contributed by atoms with Gasteiger partial charge >= 0.3 is 6.36 Å². The number of rotatable bonds is 4. The number of carbonyl (C=O) groups is 2. The molecular formula is C20H17F4NO3. The van der Waals surface area contributed by atoms with E-state index in [0.29, 0.717) is 24.9 Å². The van der Waals surface area contributed by atoms with Gasteiger partial charge in [-0.15, -0.1) is 13.2 Å². The van der Waals surface area contributed by atoms with E-state index in [0.717, 1.165) is 6.07 Å². The van der Waals surface area contributed by atoms with Gasteiger partial charge in [-0.05, 0) is 49.2 Å². The zero-order valence-electron chi connectivity index (χ0n) is 14.7. The Morgan fingerprint density at radius 3 is 2.39 bits per heavy atom. The van der Waals surface area contributed by atoms with Gasteiger partial charge in [0, 0.05) is 24.6 Å². The van der Waals surface area contributed by atoms with Crippen LogP contribution in [0.5, 0.6) is 5.75 Å². The van der Waals surface area contributed by atoms with Gasteiger partial charge in [0.2, 0.25) is 0 Å². The van der Waals surface area contributed by atoms with Crippen LogP contribution in [0, 0.1) is 11.7 Å². The highest BCUT2D eigenvalue weighted by Crippen LogP contribution is 2.29. The third-order valence-corrected chi connectivity index (χ3v) is 4.55. The number of ketones is 1. The predicted molar refractivity (Wildman–Crippen MR) is 92.5 cm³/mol. The molecule has 0 spiro atoms. The Hall–Kier alpha value is -2.90. The van der Waals surface area contributed by atoms with Gasteiger partial charge in [-0.2, -0.15) is 0 Å². The Kier molecular flexibility index (Phi) is 5.67. The van der Waals surface area contributed by atoms with E-state index in [2.05, 4.69) is 4.74 Å². The van der Waals surface area contributed by atoms with Crippen LogP contribution in [0.15, 0.2) is 48.5 Å². The monoisotopic (exact) mass is 395 g/mol. The molecule has 8 heteroatoms. The fraction of sp³-hybridized carbons (Fsp3) is 0.300. The molecule has 0 radical (unpaired) electrons. The first-order valence-corrected chi connectivity index (χ1v) is 8.68. The molecule has 1 aliphatic heterocycles. The smallest absolute Gasteiger partial charge is 0.405 e. The fourth-order valence-electron chi connectivity index (χ4n) is 3.25. The highest BCUT2D eigenvalue weighted by Gasteiger charge is 2.35. The lowest BCUT2D eigenvalue weighted by Gasteiger charge is -2.32. The van der Waals surface area contributed by atoms with E-state index in [4.69, 9.17) is 0 Å². The van der Waals surface area contributed by atoms with Crippen molar-refractivity contribution in [2.24, 2.45) is 5.92 Å². The summed E-state index contributed by atoms with van der Waals surface area (Å²) in [6.45, 7) is 0.405. The molecule has 1 heterocycles. The summed E-state index contributed by atoms with van der Waals surface area (Å²) in [5, 5.41) is 0. The number of benzene rings is 2. The van der Waals surface area contributed by atoms with Crippen LogP contribution in [0.3, 0.4) is 0 Å². The minimum Gasteiger partial charge on any atom is -0.405 e. The standard InChI is InChI=1S/C20H17F4NO3/c21-15-9-7-13(8-10-15)18(26)14-4-3-11-25(12-14)19(27)16-5-1-2-6-17(16)28-20(22,23)24/h1-2,5-10,14H,3-4,11-12H2. The molecule has 1 unspecified atom stereocenters. The number of halogens is 4. The molecule has 1 saturated heterocycles. The molecule has 0 aliphatic carbocycles. The van der Waals surface area contributed by atoms with Crippen LogP contribution in [0.1, 0.15) is 33.6 Å². The zero-order chi connectivity index (χ0) is 20.3. The molecule has 3 rings (SSSR count). The Bertz CT molecular complexity index is 864. The molecule has 28 heavy (non-hydrogen) atoms. The van der Waals surface area contributed by atoms with E-state index >= 15 is 0 Å². The van der Waals surface area contributed by atoms with Crippen LogP contribution in [0.2, 0.25) is 0 Å². The van der Waals surface area contributed by atoms with Gasteiger partial charge in [-0.3, -0.25) is 9.59 Å². The number of hydrogen-bond donors (Lipinski definition) is 0. The molecule has 2 aromatic carbocycles. The third kappa shape index (κ3) is 4.68. The van der Waals surface area contributed by atoms with Crippen LogP contribution >= 0.6 is 0 Å². The lowest BCUT2D eigenvalue weighted by Crippen LogP contribution is -2.42. The van der Waals surface area contributed by atoms with Crippen LogP contribution in [0.25, 0.3) is 0 Å². The molecule has 1 fully saturated rings. The second-order valence-corrected chi connectivity index (χ2v) is 6.51. The van der Waals surface area contributed by atoms with Crippen molar-refractivity contribution in [2.75, 3.05) is 13.1 Å². The summed E-state index contributed by atoms with van der Waals surface area (Å²) in [5.41, 5.74) is 0.121. The first-order valence-electron chi connectivity index (χ1n) is 8.68. The third-order valence-electron chi connectivity index (χ3n) is 4.55. The van der Waals surface area contributed by atoms with E-state index in [9.17, 15) is 27.2 Å². The summed E-state index contributed by atoms with van der Waals surface area (Å²) in [7, 11) is 0. The largest absolute Gasteiger partial charge is 0.573 e. The highest BCUT2D eigenvalue weighted by molar-refractivity contribution is 6.00. The Morgan fingerprint density at radius 2 is 1.71 bits per heavy atom. The number of Topliss-reactive ketones (excluding diaryl/α,β-unsaturated/α-hetero) is 1. The summed E-state index contributed by atoms with van der Waals surface area (Å²) in [6.07, 6.45) is -3.84. The van der Waals surface area contributed by atoms with Crippen LogP contribution < -0.4 is 4.74 Å². The minimum atomic E-state index is -4.92. The van der Waals surface area contributed by atoms with Crippen molar-refractivity contribution in [1.29, 1.82) is 0 Å². The number of nitrogens with zero attached hydrogens (tertiary/aromatic N) is 1. The number of likely N-dealkylation sites (tertiary alicyclic amines) is 1. The van der Waals surface area contributed by atoms with Crippen LogP contribution in [-0.4, -0.2) is 36.0 Å². The predicted octanol–water partition coefficient (Wildman–Crippen LogP) is 4.46. The van der Waals surface area contributed by atoms with Crippen molar-refractivity contribution in [3.8, 4) is 5.75 Å². The number of ether oxygens (including phenoxy) is 1. The van der Waals surface area contributed by atoms with Gasteiger partial charge in [0.15, 0.2) is 5.78 Å². The Labute approximate surface area is 158 Å². The van der Waals surface area contributed by atoms with Crippen molar-refractivity contribution in [3.63, 3.8) is 0 Å². The Morgan fingerprint density at radius 1 is 1.04 bits per heavy atom. The molecule has 2 aromatic rings. The summed E-state index contributed by atoms with van der Waals surface area (Å²) in [6, 6.07) is 10.3. The van der Waals surface area contributed by atoms with Crippen molar-refractivity contribution in [1.82, 2.24) is 4.90 Å². The molecule has 1 amide bonds. The topological polar surface area (TPSA) is 46.6 Å². The fourth-order valence-corrected chi connectivity index (χ4v) is 3.25. The average molecular weight is 395 g/mol. The van der Waals surface area contributed by atoms with Gasteiger partial charge in [0.25, 0.3) is 5.91 Å². The summed E-state index contributed by atoms with van der Waals surface area (Å²) >= 11 is 0. The maximum absolute atomic E-state index is 13.0. The van der Waals surface area contributed by atoms with E-state index in [-0.39, 0.29) is 17.9 Å². The highest BCUT2D eigenvalue weighted by atomic mass is 19.4. The molecule has 1 aliphatic rings. The van der Waals surface area contributed by atoms with Gasteiger partial charge in [0.1, 0.15) is 11.6 Å². The van der Waals surface area contributed by atoms with E-state index in [1.165, 1.54) is 47.4 Å². The molecule has 148 valence electrons. The number of piperidine rings is 1. The number of para-hydroxylation sites is 1.